The number of carbonyl (C=O) groups excluding carboxylic acids is 2. The fraction of sp³-hybridized carbons (Fsp3) is 0.583. The van der Waals surface area contributed by atoms with Crippen LogP contribution < -0.4 is 0 Å². The van der Waals surface area contributed by atoms with Crippen LogP contribution in [0.3, 0.4) is 0 Å². The number of hydrogen-bond acceptors (Lipinski definition) is 8. The maximum atomic E-state index is 12.0. The lowest BCUT2D eigenvalue weighted by molar-refractivity contribution is -0.389. The molecule has 0 N–H and O–H groups in total. The number of ketones is 1. The molecule has 22 heavy (non-hydrogen) atoms. The average molecular weight is 311 g/mol. The summed E-state index contributed by atoms with van der Waals surface area (Å²) in [4.78, 5) is 34.0. The largest absolute Gasteiger partial charge is 0.461 e. The molecule has 10 heteroatoms. The number of ether oxygens (including phenoxy) is 3. The number of esters is 1. The smallest absolute Gasteiger partial charge is 0.390 e. The maximum absolute atomic E-state index is 12.0. The van der Waals surface area contributed by atoms with E-state index < -0.39 is 35.1 Å². The van der Waals surface area contributed by atoms with E-state index in [2.05, 4.69) is 5.10 Å². The molecule has 118 valence electrons. The topological polar surface area (TPSA) is 123 Å². The van der Waals surface area contributed by atoms with Crippen molar-refractivity contribution < 1.29 is 28.7 Å². The van der Waals surface area contributed by atoms with Gasteiger partial charge in [0.05, 0.1) is 24.4 Å². The van der Waals surface area contributed by atoms with Crippen LogP contribution in [-0.2, 0) is 19.0 Å². The molecule has 0 saturated carbocycles. The van der Waals surface area contributed by atoms with Crippen LogP contribution >= 0.6 is 0 Å². The lowest BCUT2D eigenvalue weighted by atomic mass is 10.0. The number of hydrogen-bond donors (Lipinski definition) is 0. The zero-order valence-electron chi connectivity index (χ0n) is 11.6. The molecule has 0 amide bonds. The lowest BCUT2D eigenvalue weighted by Crippen LogP contribution is -2.38. The molecule has 0 aliphatic carbocycles. The van der Waals surface area contributed by atoms with Crippen LogP contribution in [0.4, 0.5) is 5.82 Å². The Morgan fingerprint density at radius 2 is 2.41 bits per heavy atom. The van der Waals surface area contributed by atoms with Gasteiger partial charge in [0.1, 0.15) is 12.1 Å². The van der Waals surface area contributed by atoms with Gasteiger partial charge in [-0.25, -0.2) is 4.79 Å². The lowest BCUT2D eigenvalue weighted by Gasteiger charge is -2.25. The van der Waals surface area contributed by atoms with Crippen LogP contribution in [0.25, 0.3) is 0 Å². The van der Waals surface area contributed by atoms with Crippen molar-refractivity contribution in [3.63, 3.8) is 0 Å². The summed E-state index contributed by atoms with van der Waals surface area (Å²) in [5.74, 6) is -1.51. The highest BCUT2D eigenvalue weighted by Crippen LogP contribution is 2.34. The Hall–Kier alpha value is -2.33. The van der Waals surface area contributed by atoms with Gasteiger partial charge in [-0.3, -0.25) is 4.79 Å². The van der Waals surface area contributed by atoms with E-state index in [0.29, 0.717) is 0 Å². The Balaban J connectivity index is 1.99. The molecule has 2 aliphatic rings. The van der Waals surface area contributed by atoms with E-state index in [4.69, 9.17) is 14.2 Å². The quantitative estimate of drug-likeness (QED) is 0.439. The summed E-state index contributed by atoms with van der Waals surface area (Å²) in [7, 11) is 0. The highest BCUT2D eigenvalue weighted by Gasteiger charge is 2.47. The van der Waals surface area contributed by atoms with Crippen molar-refractivity contribution in [2.75, 3.05) is 13.2 Å². The second-order valence-corrected chi connectivity index (χ2v) is 4.89. The van der Waals surface area contributed by atoms with E-state index in [-0.39, 0.29) is 31.1 Å². The minimum absolute atomic E-state index is 0.0283. The number of Topliss-reactive ketones (excluding diaryl/α,β-unsaturated/α-hetero) is 1. The third-order valence-corrected chi connectivity index (χ3v) is 3.52. The van der Waals surface area contributed by atoms with Crippen LogP contribution in [0.1, 0.15) is 29.9 Å². The summed E-state index contributed by atoms with van der Waals surface area (Å²) in [6.45, 7) is 1.90. The van der Waals surface area contributed by atoms with Gasteiger partial charge < -0.3 is 24.3 Å². The zero-order chi connectivity index (χ0) is 15.9. The van der Waals surface area contributed by atoms with Crippen molar-refractivity contribution in [2.45, 2.75) is 31.8 Å². The number of fused-ring (bicyclic) bond motifs is 2. The van der Waals surface area contributed by atoms with Crippen LogP contribution in [0, 0.1) is 10.1 Å². The molecule has 3 atom stereocenters. The molecule has 10 nitrogen and oxygen atoms in total. The first-order valence-corrected chi connectivity index (χ1v) is 6.72. The van der Waals surface area contributed by atoms with Crippen molar-refractivity contribution in [3.05, 3.63) is 21.9 Å². The van der Waals surface area contributed by atoms with Crippen molar-refractivity contribution in [2.24, 2.45) is 0 Å². The molecule has 0 aromatic carbocycles. The maximum Gasteiger partial charge on any atom is 0.390 e. The van der Waals surface area contributed by atoms with Gasteiger partial charge in [0.15, 0.2) is 11.5 Å². The van der Waals surface area contributed by atoms with Crippen molar-refractivity contribution >= 4 is 17.6 Å². The second kappa shape index (κ2) is 5.46. The molecule has 1 aromatic heterocycles. The summed E-state index contributed by atoms with van der Waals surface area (Å²) >= 11 is 0. The summed E-state index contributed by atoms with van der Waals surface area (Å²) in [5, 5.41) is 14.7. The number of nitrogens with zero attached hydrogens (tertiary/aromatic N) is 3. The third-order valence-electron chi connectivity index (χ3n) is 3.52. The van der Waals surface area contributed by atoms with Crippen molar-refractivity contribution in [1.29, 1.82) is 0 Å². The summed E-state index contributed by atoms with van der Waals surface area (Å²) < 4.78 is 16.6. The van der Waals surface area contributed by atoms with Gasteiger partial charge in [-0.1, -0.05) is 0 Å². The predicted octanol–water partition coefficient (Wildman–Crippen LogP) is 0.223. The molecule has 3 unspecified atom stereocenters. The number of rotatable bonds is 4. The fourth-order valence-electron chi connectivity index (χ4n) is 2.55. The molecule has 2 saturated heterocycles. The minimum atomic E-state index is -0.891. The van der Waals surface area contributed by atoms with Crippen molar-refractivity contribution in [3.8, 4) is 0 Å². The number of aromatic nitrogens is 2. The standard InChI is InChI=1S/C12H13N3O7/c1-2-20-11(17)7-4-10(15(18)19)13-14(7)6-3-8(16)12-21-5-9(6)22-12/h4,6,9,12H,2-3,5H2,1H3. The average Bonchev–Trinajstić information content (AvgIpc) is 3.09. The SMILES string of the molecule is CCOC(=O)c1cc([N+](=O)[O-])nn1C1CC(=O)C2OCC1O2. The van der Waals surface area contributed by atoms with E-state index in [1.54, 1.807) is 6.92 Å². The number of carbonyl (C=O) groups is 2. The second-order valence-electron chi connectivity index (χ2n) is 4.89. The first-order chi connectivity index (χ1) is 10.5. The highest BCUT2D eigenvalue weighted by molar-refractivity contribution is 5.88. The van der Waals surface area contributed by atoms with Crippen LogP contribution in [-0.4, -0.2) is 52.1 Å². The Labute approximate surface area is 124 Å². The summed E-state index contributed by atoms with van der Waals surface area (Å²) in [5.41, 5.74) is -0.0831. The summed E-state index contributed by atoms with van der Waals surface area (Å²) in [6.07, 6.45) is -1.35. The first-order valence-electron chi connectivity index (χ1n) is 6.72. The minimum Gasteiger partial charge on any atom is -0.461 e. The normalized spacial score (nSPS) is 27.0. The Kier molecular flexibility index (Phi) is 3.62. The predicted molar refractivity (Wildman–Crippen MR) is 68.1 cm³/mol. The molecule has 3 rings (SSSR count). The fourth-order valence-corrected chi connectivity index (χ4v) is 2.55. The molecular weight excluding hydrogens is 298 g/mol. The van der Waals surface area contributed by atoms with Crippen LogP contribution in [0.15, 0.2) is 6.07 Å². The third kappa shape index (κ3) is 2.35. The Bertz CT molecular complexity index is 641. The van der Waals surface area contributed by atoms with Gasteiger partial charge in [0.25, 0.3) is 0 Å². The van der Waals surface area contributed by atoms with Crippen LogP contribution in [0.5, 0.6) is 0 Å². The zero-order valence-corrected chi connectivity index (χ0v) is 11.6. The van der Waals surface area contributed by atoms with Gasteiger partial charge in [0, 0.05) is 6.42 Å². The monoisotopic (exact) mass is 311 g/mol. The molecule has 1 aromatic rings. The molecular formula is C12H13N3O7. The van der Waals surface area contributed by atoms with E-state index in [1.807, 2.05) is 0 Å². The molecule has 3 heterocycles. The van der Waals surface area contributed by atoms with Crippen molar-refractivity contribution in [1.82, 2.24) is 9.78 Å². The molecule has 2 fully saturated rings. The number of nitro groups is 1. The molecule has 2 bridgehead atoms. The Morgan fingerprint density at radius 1 is 1.64 bits per heavy atom. The molecule has 0 spiro atoms. The van der Waals surface area contributed by atoms with Gasteiger partial charge in [-0.05, 0) is 11.8 Å². The van der Waals surface area contributed by atoms with Gasteiger partial charge in [-0.15, -0.1) is 0 Å². The van der Waals surface area contributed by atoms with Gasteiger partial charge >= 0.3 is 11.8 Å². The van der Waals surface area contributed by atoms with Crippen LogP contribution in [0.2, 0.25) is 0 Å². The first kappa shape index (κ1) is 14.6. The van der Waals surface area contributed by atoms with E-state index in [0.717, 1.165) is 10.7 Å². The Morgan fingerprint density at radius 3 is 3.09 bits per heavy atom. The van der Waals surface area contributed by atoms with E-state index in [1.165, 1.54) is 0 Å². The summed E-state index contributed by atoms with van der Waals surface area (Å²) in [6, 6.07) is 0.393. The van der Waals surface area contributed by atoms with E-state index in [9.17, 15) is 19.7 Å². The molecule has 2 aliphatic heterocycles. The molecule has 0 radical (unpaired) electrons. The highest BCUT2D eigenvalue weighted by atomic mass is 16.7. The van der Waals surface area contributed by atoms with Gasteiger partial charge in [0.2, 0.25) is 6.29 Å². The van der Waals surface area contributed by atoms with E-state index >= 15 is 0 Å². The van der Waals surface area contributed by atoms with Gasteiger partial charge in [-0.2, -0.15) is 4.68 Å².